The molecule has 4 aromatic heterocycles. The molecule has 6 aromatic rings. The molecule has 2 aromatic carbocycles. The summed E-state index contributed by atoms with van der Waals surface area (Å²) < 4.78 is 0. The average Bonchev–Trinajstić information content (AvgIpc) is 3.93. The molecule has 6 heterocycles. The van der Waals surface area contributed by atoms with Gasteiger partial charge in [-0.3, -0.25) is 9.59 Å². The third kappa shape index (κ3) is 8.83. The molecule has 2 unspecified atom stereocenters. The highest BCUT2D eigenvalue weighted by atomic mass is 32.1. The number of benzene rings is 2. The molecule has 0 spiro atoms. The second-order valence-corrected chi connectivity index (χ2v) is 15.6. The number of aromatic nitrogens is 6. The predicted octanol–water partition coefficient (Wildman–Crippen LogP) is 6.44. The molecule has 2 aliphatic rings. The fraction of sp³-hybridized carbons (Fsp3) is 0.300. The number of primary amides is 1. The van der Waals surface area contributed by atoms with Crippen LogP contribution in [0.2, 0.25) is 0 Å². The van der Waals surface area contributed by atoms with Gasteiger partial charge in [0.15, 0.2) is 5.13 Å². The molecule has 2 fully saturated rings. The number of nitrogens with zero attached hydrogens (tertiary/aromatic N) is 7. The number of carbonyl (C=O) groups is 2. The van der Waals surface area contributed by atoms with E-state index in [0.717, 1.165) is 75.7 Å². The van der Waals surface area contributed by atoms with Crippen LogP contribution in [0.25, 0.3) is 11.3 Å². The van der Waals surface area contributed by atoms with Gasteiger partial charge in [0.05, 0.1) is 10.7 Å². The lowest BCUT2D eigenvalue weighted by Crippen LogP contribution is -2.51. The smallest absolute Gasteiger partial charge is 0.314 e. The van der Waals surface area contributed by atoms with E-state index < -0.39 is 11.4 Å². The highest BCUT2D eigenvalue weighted by Gasteiger charge is 2.50. The van der Waals surface area contributed by atoms with Crippen molar-refractivity contribution in [3.63, 3.8) is 0 Å². The number of hydrogen-bond donors (Lipinski definition) is 5. The summed E-state index contributed by atoms with van der Waals surface area (Å²) in [6.07, 6.45) is 7.24. The lowest BCUT2D eigenvalue weighted by molar-refractivity contribution is -0.146. The Morgan fingerprint density at radius 3 is 2.18 bits per heavy atom. The molecule has 0 saturated carbocycles. The van der Waals surface area contributed by atoms with Crippen LogP contribution in [0.15, 0.2) is 90.0 Å². The number of aryl methyl sites for hydroxylation is 2. The van der Waals surface area contributed by atoms with Gasteiger partial charge >= 0.3 is 5.97 Å². The summed E-state index contributed by atoms with van der Waals surface area (Å²) in [5.41, 5.74) is 10.6. The highest BCUT2D eigenvalue weighted by Crippen LogP contribution is 2.45. The maximum atomic E-state index is 12.6. The molecule has 8 rings (SSSR count). The Kier molecular flexibility index (Phi) is 11.9. The first-order valence-corrected chi connectivity index (χ1v) is 20.1. The summed E-state index contributed by atoms with van der Waals surface area (Å²) in [5, 5.41) is 25.9. The summed E-state index contributed by atoms with van der Waals surface area (Å²) in [5.74, 6) is -0.192. The second kappa shape index (κ2) is 17.3. The van der Waals surface area contributed by atoms with Crippen LogP contribution in [0.5, 0.6) is 0 Å². The van der Waals surface area contributed by atoms with E-state index in [1.54, 1.807) is 29.9 Å². The first-order valence-electron chi connectivity index (χ1n) is 18.4. The molecule has 16 heteroatoms. The monoisotopic (exact) mass is 789 g/mol. The van der Waals surface area contributed by atoms with E-state index in [1.165, 1.54) is 11.3 Å². The van der Waals surface area contributed by atoms with Gasteiger partial charge in [-0.15, -0.1) is 22.7 Å². The molecule has 14 nitrogen and oxygen atoms in total. The minimum absolute atomic E-state index is 0.0118. The third-order valence-corrected chi connectivity index (χ3v) is 11.9. The van der Waals surface area contributed by atoms with E-state index in [2.05, 4.69) is 51.2 Å². The number of nitrogens with two attached hydrogens (primary N) is 1. The zero-order chi connectivity index (χ0) is 39.1. The van der Waals surface area contributed by atoms with Gasteiger partial charge in [0, 0.05) is 89.1 Å². The fourth-order valence-electron chi connectivity index (χ4n) is 7.11. The van der Waals surface area contributed by atoms with E-state index in [-0.39, 0.29) is 17.7 Å². The molecule has 0 bridgehead atoms. The summed E-state index contributed by atoms with van der Waals surface area (Å²) in [6, 6.07) is 19.3. The lowest BCUT2D eigenvalue weighted by Gasteiger charge is -2.40. The number of amides is 1. The van der Waals surface area contributed by atoms with Gasteiger partial charge in [-0.2, -0.15) is 0 Å². The van der Waals surface area contributed by atoms with Crippen LogP contribution in [-0.2, 0) is 15.0 Å². The van der Waals surface area contributed by atoms with Gasteiger partial charge in [-0.1, -0.05) is 24.3 Å². The normalized spacial score (nSPS) is 18.4. The van der Waals surface area contributed by atoms with Crippen LogP contribution in [0.4, 0.5) is 28.4 Å². The predicted molar refractivity (Wildman–Crippen MR) is 220 cm³/mol. The fourth-order valence-corrected chi connectivity index (χ4v) is 8.83. The Hall–Kier alpha value is -5.84. The SMILES string of the molecule is Cc1ccnc(Nc2cccc(-c3csc(N4CCC(C(N)=O)CC4)n3)c2)n1.Cc1ccnc(Nc2cccc(C3(C(=O)O)CCNCC3c3nccs3)c2)n1. The molecule has 56 heavy (non-hydrogen) atoms. The molecular weight excluding hydrogens is 747 g/mol. The number of piperidine rings is 2. The van der Waals surface area contributed by atoms with Crippen LogP contribution in [-0.4, -0.2) is 73.1 Å². The standard InChI is InChI=1S/C20H22N6OS.C20H21N5O2S/c1-13-5-8-22-19(23-13)24-16-4-2-3-15(11-16)17-12-28-20(25-17)26-9-6-14(7-10-26)18(21)27;1-13-5-7-23-19(24-13)25-15-4-2-3-14(11-15)20(18(26)27)6-8-21-12-16(20)17-22-9-10-28-17/h2-5,8,11-12,14H,6-7,9-10H2,1H3,(H2,21,27)(H,22,23,24);2-5,7,9-11,16,21H,6,8,12H2,1H3,(H,26,27)(H,23,24,25). The molecule has 2 aliphatic heterocycles. The average molecular weight is 790 g/mol. The van der Waals surface area contributed by atoms with Crippen molar-refractivity contribution in [2.75, 3.05) is 41.7 Å². The Bertz CT molecular complexity index is 2280. The maximum Gasteiger partial charge on any atom is 0.314 e. The second-order valence-electron chi connectivity index (χ2n) is 13.8. The van der Waals surface area contributed by atoms with Crippen molar-refractivity contribution in [2.24, 2.45) is 11.7 Å². The largest absolute Gasteiger partial charge is 0.481 e. The topological polar surface area (TPSA) is 197 Å². The Balaban J connectivity index is 0.000000172. The van der Waals surface area contributed by atoms with Crippen LogP contribution < -0.4 is 26.6 Å². The van der Waals surface area contributed by atoms with Gasteiger partial charge in [0.25, 0.3) is 0 Å². The summed E-state index contributed by atoms with van der Waals surface area (Å²) in [7, 11) is 0. The zero-order valence-corrected chi connectivity index (χ0v) is 32.7. The van der Waals surface area contributed by atoms with Crippen LogP contribution in [0.3, 0.4) is 0 Å². The van der Waals surface area contributed by atoms with Crippen molar-refractivity contribution in [3.8, 4) is 11.3 Å². The third-order valence-electron chi connectivity index (χ3n) is 10.1. The van der Waals surface area contributed by atoms with E-state index in [4.69, 9.17) is 10.7 Å². The van der Waals surface area contributed by atoms with Crippen LogP contribution in [0, 0.1) is 19.8 Å². The van der Waals surface area contributed by atoms with Crippen molar-refractivity contribution < 1.29 is 14.7 Å². The number of carboxylic acid groups (broad SMARTS) is 1. The lowest BCUT2D eigenvalue weighted by atomic mass is 9.66. The van der Waals surface area contributed by atoms with Gasteiger partial charge in [0.1, 0.15) is 5.41 Å². The molecule has 2 saturated heterocycles. The molecule has 6 N–H and O–H groups in total. The van der Waals surface area contributed by atoms with Gasteiger partial charge in [0.2, 0.25) is 17.8 Å². The van der Waals surface area contributed by atoms with Crippen molar-refractivity contribution in [1.82, 2.24) is 35.2 Å². The van der Waals surface area contributed by atoms with Crippen molar-refractivity contribution in [3.05, 3.63) is 112 Å². The number of carboxylic acids is 1. The maximum absolute atomic E-state index is 12.6. The van der Waals surface area contributed by atoms with E-state index >= 15 is 0 Å². The Morgan fingerprint density at radius 2 is 1.55 bits per heavy atom. The zero-order valence-electron chi connectivity index (χ0n) is 31.1. The number of carbonyl (C=O) groups excluding carboxylic acids is 1. The van der Waals surface area contributed by atoms with E-state index in [9.17, 15) is 14.7 Å². The van der Waals surface area contributed by atoms with Crippen LogP contribution in [0.1, 0.15) is 47.1 Å². The minimum Gasteiger partial charge on any atom is -0.481 e. The molecule has 0 aliphatic carbocycles. The van der Waals surface area contributed by atoms with Gasteiger partial charge in [-0.05, 0) is 81.6 Å². The highest BCUT2D eigenvalue weighted by molar-refractivity contribution is 7.14. The first-order chi connectivity index (χ1) is 27.2. The Labute approximate surface area is 332 Å². The summed E-state index contributed by atoms with van der Waals surface area (Å²) in [6.45, 7) is 6.69. The number of hydrogen-bond acceptors (Lipinski definition) is 14. The number of thiazole rings is 2. The molecular formula is C40H43N11O3S2. The van der Waals surface area contributed by atoms with Crippen molar-refractivity contribution in [2.45, 2.75) is 44.4 Å². The number of anilines is 5. The number of nitrogens with one attached hydrogen (secondary N) is 3. The van der Waals surface area contributed by atoms with Crippen LogP contribution >= 0.6 is 22.7 Å². The quantitative estimate of drug-likeness (QED) is 0.102. The van der Waals surface area contributed by atoms with E-state index in [0.29, 0.717) is 31.4 Å². The van der Waals surface area contributed by atoms with Gasteiger partial charge in [-0.25, -0.2) is 29.9 Å². The van der Waals surface area contributed by atoms with Crippen molar-refractivity contribution >= 4 is 63.0 Å². The number of rotatable bonds is 10. The molecule has 2 atom stereocenters. The van der Waals surface area contributed by atoms with Crippen molar-refractivity contribution in [1.29, 1.82) is 0 Å². The molecule has 0 radical (unpaired) electrons. The summed E-state index contributed by atoms with van der Waals surface area (Å²) >= 11 is 3.13. The van der Waals surface area contributed by atoms with Gasteiger partial charge < -0.3 is 31.7 Å². The van der Waals surface area contributed by atoms with E-state index in [1.807, 2.05) is 79.9 Å². The summed E-state index contributed by atoms with van der Waals surface area (Å²) in [4.78, 5) is 52.6. The minimum atomic E-state index is -1.03. The first kappa shape index (κ1) is 38.4. The number of aliphatic carboxylic acids is 1. The Morgan fingerprint density at radius 1 is 0.875 bits per heavy atom. The molecule has 288 valence electrons. The molecule has 1 amide bonds.